The first-order valence-corrected chi connectivity index (χ1v) is 10.1. The summed E-state index contributed by atoms with van der Waals surface area (Å²) in [6.45, 7) is 3.80. The van der Waals surface area contributed by atoms with Crippen molar-refractivity contribution in [1.29, 1.82) is 0 Å². The maximum absolute atomic E-state index is 13.0. The molecule has 150 valence electrons. The zero-order valence-corrected chi connectivity index (χ0v) is 16.2. The lowest BCUT2D eigenvalue weighted by Gasteiger charge is -2.37. The Labute approximate surface area is 161 Å². The summed E-state index contributed by atoms with van der Waals surface area (Å²) in [6, 6.07) is 6.05. The first-order valence-electron chi connectivity index (χ1n) is 10.1. The second-order valence-electron chi connectivity index (χ2n) is 7.57. The minimum atomic E-state index is -0.307. The number of amides is 1. The van der Waals surface area contributed by atoms with E-state index in [-0.39, 0.29) is 24.4 Å². The summed E-state index contributed by atoms with van der Waals surface area (Å²) in [7, 11) is 1.78. The van der Waals surface area contributed by atoms with Crippen LogP contribution in [0.25, 0.3) is 0 Å². The van der Waals surface area contributed by atoms with Gasteiger partial charge in [-0.15, -0.1) is 0 Å². The molecule has 0 aromatic heterocycles. The van der Waals surface area contributed by atoms with Crippen molar-refractivity contribution in [3.63, 3.8) is 0 Å². The fourth-order valence-electron chi connectivity index (χ4n) is 4.08. The molecule has 5 nitrogen and oxygen atoms in total. The van der Waals surface area contributed by atoms with Crippen molar-refractivity contribution in [2.24, 2.45) is 0 Å². The van der Waals surface area contributed by atoms with Crippen molar-refractivity contribution in [3.05, 3.63) is 30.1 Å². The molecule has 2 aliphatic rings. The third kappa shape index (κ3) is 5.91. The number of benzene rings is 1. The zero-order valence-electron chi connectivity index (χ0n) is 16.2. The summed E-state index contributed by atoms with van der Waals surface area (Å²) in [5.41, 5.74) is 0. The van der Waals surface area contributed by atoms with Gasteiger partial charge in [-0.2, -0.15) is 0 Å². The minimum Gasteiger partial charge on any atom is -0.484 e. The Morgan fingerprint density at radius 2 is 1.81 bits per heavy atom. The SMILES string of the molecule is COC1CCN(C[C@H]2CCCCCN2C(=O)COc2ccc(F)cc2)CC1. The number of rotatable bonds is 6. The lowest BCUT2D eigenvalue weighted by Crippen LogP contribution is -2.50. The van der Waals surface area contributed by atoms with Crippen LogP contribution >= 0.6 is 0 Å². The molecule has 1 aromatic carbocycles. The number of nitrogens with zero attached hydrogens (tertiary/aromatic N) is 2. The van der Waals surface area contributed by atoms with Gasteiger partial charge in [0.15, 0.2) is 6.61 Å². The van der Waals surface area contributed by atoms with Gasteiger partial charge < -0.3 is 19.3 Å². The second-order valence-corrected chi connectivity index (χ2v) is 7.57. The van der Waals surface area contributed by atoms with Crippen molar-refractivity contribution in [2.75, 3.05) is 39.9 Å². The van der Waals surface area contributed by atoms with Crippen LogP contribution in [0.1, 0.15) is 38.5 Å². The van der Waals surface area contributed by atoms with E-state index >= 15 is 0 Å². The third-order valence-electron chi connectivity index (χ3n) is 5.71. The molecule has 2 saturated heterocycles. The maximum atomic E-state index is 13.0. The molecule has 0 spiro atoms. The topological polar surface area (TPSA) is 42.0 Å². The minimum absolute atomic E-state index is 0.00782. The smallest absolute Gasteiger partial charge is 0.260 e. The molecule has 0 saturated carbocycles. The van der Waals surface area contributed by atoms with Crippen LogP contribution in [0.3, 0.4) is 0 Å². The molecule has 0 radical (unpaired) electrons. The summed E-state index contributed by atoms with van der Waals surface area (Å²) < 4.78 is 24.1. The predicted molar refractivity (Wildman–Crippen MR) is 102 cm³/mol. The molecule has 0 bridgehead atoms. The lowest BCUT2D eigenvalue weighted by molar-refractivity contribution is -0.136. The number of carbonyl (C=O) groups is 1. The number of ether oxygens (including phenoxy) is 2. The highest BCUT2D eigenvalue weighted by Gasteiger charge is 2.29. The zero-order chi connectivity index (χ0) is 19.1. The van der Waals surface area contributed by atoms with Crippen molar-refractivity contribution in [1.82, 2.24) is 9.80 Å². The monoisotopic (exact) mass is 378 g/mol. The Morgan fingerprint density at radius 3 is 2.52 bits per heavy atom. The van der Waals surface area contributed by atoms with Crippen molar-refractivity contribution in [3.8, 4) is 5.75 Å². The highest BCUT2D eigenvalue weighted by Crippen LogP contribution is 2.21. The molecule has 1 amide bonds. The molecule has 0 unspecified atom stereocenters. The molecular weight excluding hydrogens is 347 g/mol. The quantitative estimate of drug-likeness (QED) is 0.763. The van der Waals surface area contributed by atoms with E-state index in [9.17, 15) is 9.18 Å². The van der Waals surface area contributed by atoms with Gasteiger partial charge in [-0.25, -0.2) is 4.39 Å². The lowest BCUT2D eigenvalue weighted by atomic mass is 10.0. The summed E-state index contributed by atoms with van der Waals surface area (Å²) in [4.78, 5) is 17.3. The molecule has 27 heavy (non-hydrogen) atoms. The standard InChI is InChI=1S/C21H31FN2O3/c1-26-19-10-13-23(14-11-19)15-18-5-3-2-4-12-24(18)21(25)16-27-20-8-6-17(22)7-9-20/h6-9,18-19H,2-5,10-16H2,1H3/t18-/m1/s1. The molecule has 2 aliphatic heterocycles. The third-order valence-corrected chi connectivity index (χ3v) is 5.71. The van der Waals surface area contributed by atoms with Gasteiger partial charge in [0.1, 0.15) is 11.6 Å². The van der Waals surface area contributed by atoms with Crippen LogP contribution in [0, 0.1) is 5.82 Å². The molecule has 1 aromatic rings. The summed E-state index contributed by atoms with van der Waals surface area (Å²) in [5.74, 6) is 0.245. The van der Waals surface area contributed by atoms with Crippen LogP contribution < -0.4 is 4.74 Å². The molecule has 0 aliphatic carbocycles. The van der Waals surface area contributed by atoms with Crippen LogP contribution in [-0.2, 0) is 9.53 Å². The fourth-order valence-corrected chi connectivity index (χ4v) is 4.08. The first kappa shape index (κ1) is 20.1. The number of piperidine rings is 1. The average Bonchev–Trinajstić information content (AvgIpc) is 2.93. The predicted octanol–water partition coefficient (Wildman–Crippen LogP) is 3.09. The largest absolute Gasteiger partial charge is 0.484 e. The Bertz CT molecular complexity index is 588. The van der Waals surface area contributed by atoms with E-state index in [0.717, 1.165) is 51.9 Å². The molecule has 2 fully saturated rings. The maximum Gasteiger partial charge on any atom is 0.260 e. The van der Waals surface area contributed by atoms with Gasteiger partial charge in [0.25, 0.3) is 5.91 Å². The molecule has 6 heteroatoms. The van der Waals surface area contributed by atoms with Gasteiger partial charge in [0.2, 0.25) is 0 Å². The highest BCUT2D eigenvalue weighted by molar-refractivity contribution is 5.78. The van der Waals surface area contributed by atoms with Gasteiger partial charge in [-0.3, -0.25) is 4.79 Å². The van der Waals surface area contributed by atoms with E-state index in [2.05, 4.69) is 4.90 Å². The van der Waals surface area contributed by atoms with E-state index in [1.165, 1.54) is 25.0 Å². The molecule has 3 rings (SSSR count). The van der Waals surface area contributed by atoms with Crippen LogP contribution in [0.15, 0.2) is 24.3 Å². The van der Waals surface area contributed by atoms with Crippen molar-refractivity contribution in [2.45, 2.75) is 50.7 Å². The van der Waals surface area contributed by atoms with E-state index < -0.39 is 0 Å². The van der Waals surface area contributed by atoms with Gasteiger partial charge in [-0.1, -0.05) is 12.8 Å². The van der Waals surface area contributed by atoms with Crippen LogP contribution in [0.2, 0.25) is 0 Å². The molecular formula is C21H31FN2O3. The Kier molecular flexibility index (Phi) is 7.47. The normalized spacial score (nSPS) is 22.4. The number of hydrogen-bond acceptors (Lipinski definition) is 4. The number of halogens is 1. The first-order chi connectivity index (χ1) is 13.2. The number of hydrogen-bond donors (Lipinski definition) is 0. The van der Waals surface area contributed by atoms with Crippen molar-refractivity contribution < 1.29 is 18.7 Å². The average molecular weight is 378 g/mol. The van der Waals surface area contributed by atoms with Gasteiger partial charge in [0, 0.05) is 39.3 Å². The Balaban J connectivity index is 1.55. The number of methoxy groups -OCH3 is 1. The number of carbonyl (C=O) groups excluding carboxylic acids is 1. The summed E-state index contributed by atoms with van der Waals surface area (Å²) in [6.07, 6.45) is 6.93. The Hall–Kier alpha value is -1.66. The van der Waals surface area contributed by atoms with E-state index in [1.54, 1.807) is 19.2 Å². The van der Waals surface area contributed by atoms with Gasteiger partial charge in [0.05, 0.1) is 6.10 Å². The molecule has 2 heterocycles. The second kappa shape index (κ2) is 10.0. The van der Waals surface area contributed by atoms with Crippen molar-refractivity contribution >= 4 is 5.91 Å². The molecule has 1 atom stereocenters. The summed E-state index contributed by atoms with van der Waals surface area (Å²) in [5, 5.41) is 0. The fraction of sp³-hybridized carbons (Fsp3) is 0.667. The number of likely N-dealkylation sites (tertiary alicyclic amines) is 2. The molecule has 0 N–H and O–H groups in total. The van der Waals surface area contributed by atoms with Crippen LogP contribution in [0.5, 0.6) is 5.75 Å². The van der Waals surface area contributed by atoms with E-state index in [1.807, 2.05) is 4.90 Å². The Morgan fingerprint density at radius 1 is 1.07 bits per heavy atom. The van der Waals surface area contributed by atoms with E-state index in [4.69, 9.17) is 9.47 Å². The summed E-state index contributed by atoms with van der Waals surface area (Å²) >= 11 is 0. The van der Waals surface area contributed by atoms with Gasteiger partial charge in [-0.05, 0) is 49.9 Å². The van der Waals surface area contributed by atoms with E-state index in [0.29, 0.717) is 11.9 Å². The van der Waals surface area contributed by atoms with Gasteiger partial charge >= 0.3 is 0 Å². The highest BCUT2D eigenvalue weighted by atomic mass is 19.1. The van der Waals surface area contributed by atoms with Crippen LogP contribution in [-0.4, -0.2) is 67.7 Å². The van der Waals surface area contributed by atoms with Crippen LogP contribution in [0.4, 0.5) is 4.39 Å².